The van der Waals surface area contributed by atoms with Gasteiger partial charge in [0.15, 0.2) is 5.58 Å². The number of carbonyl (C=O) groups is 1. The summed E-state index contributed by atoms with van der Waals surface area (Å²) in [5.41, 5.74) is 1.47. The van der Waals surface area contributed by atoms with Crippen LogP contribution in [0, 0.1) is 0 Å². The molecule has 22 heavy (non-hydrogen) atoms. The van der Waals surface area contributed by atoms with Crippen LogP contribution in [-0.4, -0.2) is 41.1 Å². The van der Waals surface area contributed by atoms with Gasteiger partial charge in [0.2, 0.25) is 5.91 Å². The first-order chi connectivity index (χ1) is 10.8. The summed E-state index contributed by atoms with van der Waals surface area (Å²) >= 11 is 0. The Balaban J connectivity index is 1.42. The van der Waals surface area contributed by atoms with Crippen molar-refractivity contribution in [1.82, 2.24) is 15.4 Å². The minimum absolute atomic E-state index is 0.0523. The van der Waals surface area contributed by atoms with Crippen LogP contribution in [0.25, 0.3) is 11.0 Å². The Hall–Kier alpha value is -1.88. The predicted octanol–water partition coefficient (Wildman–Crippen LogP) is 2.11. The molecule has 3 heterocycles. The summed E-state index contributed by atoms with van der Waals surface area (Å²) in [4.78, 5) is 14.9. The lowest BCUT2D eigenvalue weighted by Gasteiger charge is -2.32. The van der Waals surface area contributed by atoms with Crippen LogP contribution in [0.4, 0.5) is 0 Å². The average Bonchev–Trinajstić information content (AvgIpc) is 3.13. The van der Waals surface area contributed by atoms with E-state index in [-0.39, 0.29) is 5.91 Å². The number of amides is 1. The number of nitrogens with zero attached hydrogens (tertiary/aromatic N) is 2. The second kappa shape index (κ2) is 5.72. The number of fused-ring (bicyclic) bond motifs is 2. The average molecular weight is 299 g/mol. The SMILES string of the molecule is O=C(Cc1noc2ccccc12)N[C@H]1CCN2CCCC[C@H]12. The number of nitrogens with one attached hydrogen (secondary N) is 1. The minimum Gasteiger partial charge on any atom is -0.356 e. The van der Waals surface area contributed by atoms with E-state index in [1.807, 2.05) is 24.3 Å². The second-order valence-electron chi connectivity index (χ2n) is 6.36. The molecule has 0 radical (unpaired) electrons. The van der Waals surface area contributed by atoms with E-state index in [1.165, 1.54) is 25.8 Å². The molecule has 4 rings (SSSR count). The number of benzene rings is 1. The third kappa shape index (κ3) is 2.50. The zero-order valence-electron chi connectivity index (χ0n) is 12.6. The molecule has 5 heteroatoms. The van der Waals surface area contributed by atoms with Crippen molar-refractivity contribution in [3.05, 3.63) is 30.0 Å². The molecule has 2 aliphatic rings. The van der Waals surface area contributed by atoms with Crippen LogP contribution in [0.15, 0.2) is 28.8 Å². The number of piperidine rings is 1. The normalized spacial score (nSPS) is 25.3. The zero-order valence-corrected chi connectivity index (χ0v) is 12.6. The lowest BCUT2D eigenvalue weighted by Crippen LogP contribution is -2.47. The fourth-order valence-corrected chi connectivity index (χ4v) is 3.89. The number of para-hydroxylation sites is 1. The maximum Gasteiger partial charge on any atom is 0.226 e. The first-order valence-corrected chi connectivity index (χ1v) is 8.18. The molecule has 2 aliphatic heterocycles. The van der Waals surface area contributed by atoms with Crippen LogP contribution in [-0.2, 0) is 11.2 Å². The van der Waals surface area contributed by atoms with Gasteiger partial charge >= 0.3 is 0 Å². The van der Waals surface area contributed by atoms with E-state index in [4.69, 9.17) is 4.52 Å². The van der Waals surface area contributed by atoms with Crippen molar-refractivity contribution >= 4 is 16.9 Å². The van der Waals surface area contributed by atoms with E-state index in [0.717, 1.165) is 29.6 Å². The van der Waals surface area contributed by atoms with Crippen LogP contribution < -0.4 is 5.32 Å². The fraction of sp³-hybridized carbons (Fsp3) is 0.529. The molecule has 0 spiro atoms. The Bertz CT molecular complexity index is 681. The predicted molar refractivity (Wildman–Crippen MR) is 83.5 cm³/mol. The van der Waals surface area contributed by atoms with Crippen molar-refractivity contribution in [3.63, 3.8) is 0 Å². The molecule has 2 fully saturated rings. The van der Waals surface area contributed by atoms with Crippen molar-refractivity contribution in [3.8, 4) is 0 Å². The molecule has 2 saturated heterocycles. The van der Waals surface area contributed by atoms with Gasteiger partial charge in [-0.3, -0.25) is 9.69 Å². The molecule has 0 aliphatic carbocycles. The van der Waals surface area contributed by atoms with Gasteiger partial charge in [0.05, 0.1) is 6.42 Å². The Morgan fingerprint density at radius 1 is 1.27 bits per heavy atom. The summed E-state index contributed by atoms with van der Waals surface area (Å²) in [6.45, 7) is 2.30. The van der Waals surface area contributed by atoms with Gasteiger partial charge in [-0.15, -0.1) is 0 Å². The van der Waals surface area contributed by atoms with Crippen LogP contribution in [0.5, 0.6) is 0 Å². The smallest absolute Gasteiger partial charge is 0.226 e. The third-order valence-corrected chi connectivity index (χ3v) is 4.98. The first-order valence-electron chi connectivity index (χ1n) is 8.18. The summed E-state index contributed by atoms with van der Waals surface area (Å²) < 4.78 is 5.27. The molecule has 1 aromatic carbocycles. The van der Waals surface area contributed by atoms with Crippen molar-refractivity contribution in [2.45, 2.75) is 44.2 Å². The van der Waals surface area contributed by atoms with Crippen molar-refractivity contribution in [2.24, 2.45) is 0 Å². The lowest BCUT2D eigenvalue weighted by molar-refractivity contribution is -0.121. The van der Waals surface area contributed by atoms with Crippen molar-refractivity contribution in [2.75, 3.05) is 13.1 Å². The van der Waals surface area contributed by atoms with Gasteiger partial charge in [-0.25, -0.2) is 0 Å². The largest absolute Gasteiger partial charge is 0.356 e. The third-order valence-electron chi connectivity index (χ3n) is 4.98. The Morgan fingerprint density at radius 3 is 3.14 bits per heavy atom. The highest BCUT2D eigenvalue weighted by Crippen LogP contribution is 2.27. The van der Waals surface area contributed by atoms with Gasteiger partial charge in [-0.2, -0.15) is 0 Å². The Labute approximate surface area is 129 Å². The monoisotopic (exact) mass is 299 g/mol. The number of hydrogen-bond donors (Lipinski definition) is 1. The molecule has 1 amide bonds. The van der Waals surface area contributed by atoms with Crippen LogP contribution in [0.1, 0.15) is 31.4 Å². The molecule has 0 saturated carbocycles. The van der Waals surface area contributed by atoms with E-state index < -0.39 is 0 Å². The van der Waals surface area contributed by atoms with Gasteiger partial charge in [-0.1, -0.05) is 23.7 Å². The van der Waals surface area contributed by atoms with Crippen LogP contribution in [0.2, 0.25) is 0 Å². The Morgan fingerprint density at radius 2 is 2.18 bits per heavy atom. The number of aromatic nitrogens is 1. The van der Waals surface area contributed by atoms with Crippen molar-refractivity contribution < 1.29 is 9.32 Å². The Kier molecular flexibility index (Phi) is 3.58. The van der Waals surface area contributed by atoms with Gasteiger partial charge in [-0.05, 0) is 37.9 Å². The van der Waals surface area contributed by atoms with Crippen molar-refractivity contribution in [1.29, 1.82) is 0 Å². The molecular formula is C17H21N3O2. The molecule has 2 atom stereocenters. The molecule has 116 valence electrons. The van der Waals surface area contributed by atoms with Gasteiger partial charge in [0, 0.05) is 24.0 Å². The zero-order chi connectivity index (χ0) is 14.9. The quantitative estimate of drug-likeness (QED) is 0.943. The molecule has 0 unspecified atom stereocenters. The summed E-state index contributed by atoms with van der Waals surface area (Å²) in [5, 5.41) is 8.20. The van der Waals surface area contributed by atoms with Gasteiger partial charge in [0.1, 0.15) is 5.69 Å². The van der Waals surface area contributed by atoms with Gasteiger partial charge in [0.25, 0.3) is 0 Å². The minimum atomic E-state index is 0.0523. The van der Waals surface area contributed by atoms with E-state index in [9.17, 15) is 4.79 Å². The summed E-state index contributed by atoms with van der Waals surface area (Å²) in [5.74, 6) is 0.0523. The molecule has 1 aromatic heterocycles. The van der Waals surface area contributed by atoms with Crippen LogP contribution >= 0.6 is 0 Å². The maximum absolute atomic E-state index is 12.4. The topological polar surface area (TPSA) is 58.4 Å². The molecular weight excluding hydrogens is 278 g/mol. The highest BCUT2D eigenvalue weighted by Gasteiger charge is 2.36. The molecule has 1 N–H and O–H groups in total. The maximum atomic E-state index is 12.4. The lowest BCUT2D eigenvalue weighted by atomic mass is 9.99. The molecule has 2 aromatic rings. The summed E-state index contributed by atoms with van der Waals surface area (Å²) in [6.07, 6.45) is 5.14. The van der Waals surface area contributed by atoms with E-state index >= 15 is 0 Å². The fourth-order valence-electron chi connectivity index (χ4n) is 3.89. The molecule has 5 nitrogen and oxygen atoms in total. The number of rotatable bonds is 3. The standard InChI is InChI=1S/C17H21N3O2/c21-17(11-14-12-5-1-2-7-16(12)22-19-14)18-13-8-10-20-9-4-3-6-15(13)20/h1-2,5,7,13,15H,3-4,6,8-11H2,(H,18,21)/t13-,15+/m0/s1. The second-order valence-corrected chi connectivity index (χ2v) is 6.36. The van der Waals surface area contributed by atoms with E-state index in [0.29, 0.717) is 18.5 Å². The van der Waals surface area contributed by atoms with Crippen LogP contribution in [0.3, 0.4) is 0 Å². The first kappa shape index (κ1) is 13.8. The summed E-state index contributed by atoms with van der Waals surface area (Å²) in [7, 11) is 0. The van der Waals surface area contributed by atoms with E-state index in [1.54, 1.807) is 0 Å². The summed E-state index contributed by atoms with van der Waals surface area (Å²) in [6, 6.07) is 8.51. The highest BCUT2D eigenvalue weighted by atomic mass is 16.5. The highest BCUT2D eigenvalue weighted by molar-refractivity contribution is 5.86. The van der Waals surface area contributed by atoms with E-state index in [2.05, 4.69) is 15.4 Å². The van der Waals surface area contributed by atoms with Gasteiger partial charge < -0.3 is 9.84 Å². The number of carbonyl (C=O) groups excluding carboxylic acids is 1. The molecule has 0 bridgehead atoms. The number of hydrogen-bond acceptors (Lipinski definition) is 4.